The standard InChI is InChI=1S/C21H34O.C2H6/c1-6-8-9-11-17(5)14-20(21(22)16(3)4)19-13-10-12-18(7-2)15-19;1-2/h10,12-13,15-17,20H,6-9,11,14H2,1-5H3;1-2H3. The van der Waals surface area contributed by atoms with Crippen molar-refractivity contribution in [2.45, 2.75) is 92.9 Å². The van der Waals surface area contributed by atoms with Gasteiger partial charge >= 0.3 is 0 Å². The lowest BCUT2D eigenvalue weighted by molar-refractivity contribution is -0.123. The van der Waals surface area contributed by atoms with Crippen molar-refractivity contribution in [3.8, 4) is 0 Å². The van der Waals surface area contributed by atoms with Gasteiger partial charge in [-0.05, 0) is 29.9 Å². The summed E-state index contributed by atoms with van der Waals surface area (Å²) in [6.45, 7) is 14.8. The number of carbonyl (C=O) groups excluding carboxylic acids is 1. The van der Waals surface area contributed by atoms with E-state index in [9.17, 15) is 4.79 Å². The zero-order valence-electron chi connectivity index (χ0n) is 17.2. The molecule has 0 fully saturated rings. The highest BCUT2D eigenvalue weighted by Crippen LogP contribution is 2.30. The van der Waals surface area contributed by atoms with Crippen LogP contribution in [0.4, 0.5) is 0 Å². The summed E-state index contributed by atoms with van der Waals surface area (Å²) in [5, 5.41) is 0. The Hall–Kier alpha value is -1.11. The SMILES string of the molecule is CC.CCCCCC(C)CC(C(=O)C(C)C)c1cccc(CC)c1. The molecule has 1 rings (SSSR count). The van der Waals surface area contributed by atoms with Gasteiger partial charge in [-0.2, -0.15) is 0 Å². The number of benzene rings is 1. The Morgan fingerprint density at radius 3 is 2.25 bits per heavy atom. The Morgan fingerprint density at radius 1 is 1.04 bits per heavy atom. The number of hydrogen-bond acceptors (Lipinski definition) is 1. The Labute approximate surface area is 151 Å². The average Bonchev–Trinajstić information content (AvgIpc) is 2.61. The minimum absolute atomic E-state index is 0.0723. The molecule has 138 valence electrons. The van der Waals surface area contributed by atoms with Gasteiger partial charge in [0.05, 0.1) is 0 Å². The van der Waals surface area contributed by atoms with Crippen LogP contribution in [0.1, 0.15) is 97.6 Å². The molecular formula is C23H40O. The van der Waals surface area contributed by atoms with E-state index in [0.717, 1.165) is 12.8 Å². The zero-order chi connectivity index (χ0) is 18.5. The molecule has 0 amide bonds. The highest BCUT2D eigenvalue weighted by Gasteiger charge is 2.25. The van der Waals surface area contributed by atoms with Crippen LogP contribution in [0.3, 0.4) is 0 Å². The first-order chi connectivity index (χ1) is 11.5. The van der Waals surface area contributed by atoms with Gasteiger partial charge < -0.3 is 0 Å². The van der Waals surface area contributed by atoms with E-state index in [1.807, 2.05) is 27.7 Å². The van der Waals surface area contributed by atoms with Crippen LogP contribution in [0.25, 0.3) is 0 Å². The normalized spacial score (nSPS) is 13.2. The molecule has 0 saturated carbocycles. The van der Waals surface area contributed by atoms with Gasteiger partial charge in [0.1, 0.15) is 5.78 Å². The zero-order valence-corrected chi connectivity index (χ0v) is 17.2. The number of aryl methyl sites for hydroxylation is 1. The molecule has 0 heterocycles. The number of ketones is 1. The Bertz CT molecular complexity index is 447. The fourth-order valence-electron chi connectivity index (χ4n) is 3.11. The lowest BCUT2D eigenvalue weighted by Crippen LogP contribution is -2.20. The van der Waals surface area contributed by atoms with Gasteiger partial charge in [0, 0.05) is 11.8 Å². The summed E-state index contributed by atoms with van der Waals surface area (Å²) in [4.78, 5) is 12.7. The van der Waals surface area contributed by atoms with Crippen molar-refractivity contribution in [3.05, 3.63) is 35.4 Å². The molecule has 0 bridgehead atoms. The second kappa shape index (κ2) is 13.2. The van der Waals surface area contributed by atoms with Gasteiger partial charge in [-0.15, -0.1) is 0 Å². The van der Waals surface area contributed by atoms with Crippen LogP contribution in [0.5, 0.6) is 0 Å². The van der Waals surface area contributed by atoms with Gasteiger partial charge in [0.25, 0.3) is 0 Å². The van der Waals surface area contributed by atoms with Crippen LogP contribution >= 0.6 is 0 Å². The molecule has 0 aliphatic carbocycles. The Kier molecular flexibility index (Phi) is 12.6. The third-order valence-electron chi connectivity index (χ3n) is 4.61. The molecule has 2 atom stereocenters. The first kappa shape index (κ1) is 22.9. The minimum atomic E-state index is 0.0723. The number of Topliss-reactive ketones (excluding diaryl/α,β-unsaturated/α-hetero) is 1. The fourth-order valence-corrected chi connectivity index (χ4v) is 3.11. The van der Waals surface area contributed by atoms with Gasteiger partial charge in [0.15, 0.2) is 0 Å². The minimum Gasteiger partial charge on any atom is -0.299 e. The van der Waals surface area contributed by atoms with Crippen LogP contribution in [0.15, 0.2) is 24.3 Å². The maximum absolute atomic E-state index is 12.7. The van der Waals surface area contributed by atoms with Crippen LogP contribution in [-0.4, -0.2) is 5.78 Å². The molecule has 1 aromatic rings. The van der Waals surface area contributed by atoms with Crippen molar-refractivity contribution in [1.29, 1.82) is 0 Å². The van der Waals surface area contributed by atoms with Crippen molar-refractivity contribution >= 4 is 5.78 Å². The molecule has 2 unspecified atom stereocenters. The molecule has 0 aliphatic rings. The highest BCUT2D eigenvalue weighted by molar-refractivity contribution is 5.87. The van der Waals surface area contributed by atoms with Gasteiger partial charge in [-0.3, -0.25) is 4.79 Å². The summed E-state index contributed by atoms with van der Waals surface area (Å²) >= 11 is 0. The molecule has 0 N–H and O–H groups in total. The van der Waals surface area contributed by atoms with E-state index in [2.05, 4.69) is 45.0 Å². The van der Waals surface area contributed by atoms with Crippen LogP contribution in [-0.2, 0) is 11.2 Å². The quantitative estimate of drug-likeness (QED) is 0.414. The van der Waals surface area contributed by atoms with Gasteiger partial charge in [0.2, 0.25) is 0 Å². The first-order valence-corrected chi connectivity index (χ1v) is 10.1. The molecule has 0 aromatic heterocycles. The second-order valence-corrected chi connectivity index (χ2v) is 7.04. The van der Waals surface area contributed by atoms with Crippen molar-refractivity contribution in [2.75, 3.05) is 0 Å². The van der Waals surface area contributed by atoms with Crippen molar-refractivity contribution < 1.29 is 4.79 Å². The molecule has 24 heavy (non-hydrogen) atoms. The van der Waals surface area contributed by atoms with Crippen molar-refractivity contribution in [2.24, 2.45) is 11.8 Å². The van der Waals surface area contributed by atoms with Crippen molar-refractivity contribution in [1.82, 2.24) is 0 Å². The summed E-state index contributed by atoms with van der Waals surface area (Å²) in [5.74, 6) is 1.20. The largest absolute Gasteiger partial charge is 0.299 e. The number of rotatable bonds is 10. The van der Waals surface area contributed by atoms with E-state index in [1.165, 1.54) is 36.8 Å². The van der Waals surface area contributed by atoms with E-state index in [4.69, 9.17) is 0 Å². The fraction of sp³-hybridized carbons (Fsp3) is 0.696. The molecular weight excluding hydrogens is 292 g/mol. The highest BCUT2D eigenvalue weighted by atomic mass is 16.1. The summed E-state index contributed by atoms with van der Waals surface area (Å²) < 4.78 is 0. The van der Waals surface area contributed by atoms with Gasteiger partial charge in [-0.25, -0.2) is 0 Å². The van der Waals surface area contributed by atoms with Crippen molar-refractivity contribution in [3.63, 3.8) is 0 Å². The number of carbonyl (C=O) groups is 1. The first-order valence-electron chi connectivity index (χ1n) is 10.1. The smallest absolute Gasteiger partial charge is 0.142 e. The number of unbranched alkanes of at least 4 members (excludes halogenated alkanes) is 2. The topological polar surface area (TPSA) is 17.1 Å². The van der Waals surface area contributed by atoms with E-state index < -0.39 is 0 Å². The second-order valence-electron chi connectivity index (χ2n) is 7.04. The monoisotopic (exact) mass is 332 g/mol. The molecule has 0 spiro atoms. The summed E-state index contributed by atoms with van der Waals surface area (Å²) in [7, 11) is 0. The molecule has 1 nitrogen and oxygen atoms in total. The molecule has 0 saturated heterocycles. The summed E-state index contributed by atoms with van der Waals surface area (Å²) in [6, 6.07) is 8.65. The lowest BCUT2D eigenvalue weighted by Gasteiger charge is -2.23. The third kappa shape index (κ3) is 8.13. The molecule has 0 aliphatic heterocycles. The third-order valence-corrected chi connectivity index (χ3v) is 4.61. The predicted octanol–water partition coefficient (Wildman–Crippen LogP) is 7.19. The predicted molar refractivity (Wildman–Crippen MR) is 108 cm³/mol. The maximum Gasteiger partial charge on any atom is 0.142 e. The molecule has 1 heteroatoms. The lowest BCUT2D eigenvalue weighted by atomic mass is 9.81. The Balaban J connectivity index is 0.00000254. The van der Waals surface area contributed by atoms with E-state index in [1.54, 1.807) is 0 Å². The van der Waals surface area contributed by atoms with Crippen LogP contribution < -0.4 is 0 Å². The van der Waals surface area contributed by atoms with Gasteiger partial charge in [-0.1, -0.05) is 98.4 Å². The van der Waals surface area contributed by atoms with E-state index >= 15 is 0 Å². The van der Waals surface area contributed by atoms with Crippen LogP contribution in [0.2, 0.25) is 0 Å². The molecule has 0 radical (unpaired) electrons. The molecule has 1 aromatic carbocycles. The maximum atomic E-state index is 12.7. The summed E-state index contributed by atoms with van der Waals surface area (Å²) in [6.07, 6.45) is 7.12. The average molecular weight is 333 g/mol. The van der Waals surface area contributed by atoms with E-state index in [-0.39, 0.29) is 11.8 Å². The number of hydrogen-bond donors (Lipinski definition) is 0. The Morgan fingerprint density at radius 2 is 1.71 bits per heavy atom. The van der Waals surface area contributed by atoms with E-state index in [0.29, 0.717) is 11.7 Å². The van der Waals surface area contributed by atoms with Crippen LogP contribution in [0, 0.1) is 11.8 Å². The summed E-state index contributed by atoms with van der Waals surface area (Å²) in [5.41, 5.74) is 2.55.